The highest BCUT2D eigenvalue weighted by molar-refractivity contribution is 7.11. The molecular formula is C17H30N4S. The van der Waals surface area contributed by atoms with Gasteiger partial charge in [-0.15, -0.1) is 11.3 Å². The van der Waals surface area contributed by atoms with Gasteiger partial charge in [0.2, 0.25) is 0 Å². The van der Waals surface area contributed by atoms with Gasteiger partial charge in [-0.1, -0.05) is 32.1 Å². The number of thiazole rings is 1. The zero-order chi connectivity index (χ0) is 15.6. The minimum atomic E-state index is 0.806. The third-order valence-electron chi connectivity index (χ3n) is 4.31. The number of nitrogens with zero attached hydrogens (tertiary/aromatic N) is 2. The van der Waals surface area contributed by atoms with E-state index in [1.54, 1.807) is 11.3 Å². The van der Waals surface area contributed by atoms with Crippen molar-refractivity contribution >= 4 is 17.3 Å². The second-order valence-electron chi connectivity index (χ2n) is 6.21. The van der Waals surface area contributed by atoms with E-state index in [0.29, 0.717) is 0 Å². The van der Waals surface area contributed by atoms with Crippen molar-refractivity contribution < 1.29 is 0 Å². The van der Waals surface area contributed by atoms with Gasteiger partial charge < -0.3 is 10.6 Å². The predicted octanol–water partition coefficient (Wildman–Crippen LogP) is 3.52. The molecule has 1 aliphatic carbocycles. The number of hydrogen-bond donors (Lipinski definition) is 2. The van der Waals surface area contributed by atoms with Gasteiger partial charge in [-0.25, -0.2) is 4.98 Å². The summed E-state index contributed by atoms with van der Waals surface area (Å²) in [6.07, 6.45) is 12.7. The second kappa shape index (κ2) is 9.82. The number of guanidine groups is 1. The molecule has 0 bridgehead atoms. The van der Waals surface area contributed by atoms with Gasteiger partial charge in [0.1, 0.15) is 0 Å². The van der Waals surface area contributed by atoms with E-state index in [1.807, 2.05) is 13.2 Å². The van der Waals surface area contributed by atoms with Crippen LogP contribution in [0.5, 0.6) is 0 Å². The Bertz CT molecular complexity index is 447. The fourth-order valence-electron chi connectivity index (χ4n) is 3.01. The Labute approximate surface area is 138 Å². The average Bonchev–Trinajstić information content (AvgIpc) is 2.89. The number of aromatic nitrogens is 1. The molecule has 0 aromatic carbocycles. The number of nitrogens with one attached hydrogen (secondary N) is 2. The van der Waals surface area contributed by atoms with Gasteiger partial charge in [0, 0.05) is 37.6 Å². The molecule has 0 saturated heterocycles. The molecule has 0 unspecified atom stereocenters. The molecule has 0 spiro atoms. The van der Waals surface area contributed by atoms with Crippen LogP contribution < -0.4 is 10.6 Å². The van der Waals surface area contributed by atoms with Crippen LogP contribution in [0.25, 0.3) is 0 Å². The van der Waals surface area contributed by atoms with Gasteiger partial charge in [-0.05, 0) is 25.7 Å². The average molecular weight is 323 g/mol. The summed E-state index contributed by atoms with van der Waals surface area (Å²) in [6, 6.07) is 0. The van der Waals surface area contributed by atoms with Crippen molar-refractivity contribution in [1.29, 1.82) is 0 Å². The van der Waals surface area contributed by atoms with Crippen molar-refractivity contribution in [1.82, 2.24) is 15.6 Å². The molecule has 1 aromatic rings. The first-order chi connectivity index (χ1) is 10.8. The van der Waals surface area contributed by atoms with Crippen LogP contribution in [0.1, 0.15) is 54.8 Å². The smallest absolute Gasteiger partial charge is 0.190 e. The standard InChI is InChI=1S/C17H30N4S/c1-14-12-20-16(22-14)10-11-19-17(18-2)21-13-15-8-6-4-3-5-7-9-15/h12,15H,3-11,13H2,1-2H3,(H2,18,19,21). The molecule has 124 valence electrons. The number of aryl methyl sites for hydroxylation is 1. The summed E-state index contributed by atoms with van der Waals surface area (Å²) in [4.78, 5) is 10.0. The van der Waals surface area contributed by atoms with Crippen molar-refractivity contribution in [3.05, 3.63) is 16.1 Å². The maximum Gasteiger partial charge on any atom is 0.190 e. The molecule has 1 aromatic heterocycles. The van der Waals surface area contributed by atoms with E-state index in [4.69, 9.17) is 0 Å². The number of rotatable bonds is 5. The number of aliphatic imine (C=N–C) groups is 1. The van der Waals surface area contributed by atoms with Gasteiger partial charge in [0.05, 0.1) is 5.01 Å². The van der Waals surface area contributed by atoms with Crippen LogP contribution >= 0.6 is 11.3 Å². The summed E-state index contributed by atoms with van der Waals surface area (Å²) >= 11 is 1.78. The SMILES string of the molecule is CN=C(NCCc1ncc(C)s1)NCC1CCCCCCC1. The molecule has 0 aliphatic heterocycles. The first-order valence-corrected chi connectivity index (χ1v) is 9.45. The number of hydrogen-bond acceptors (Lipinski definition) is 3. The first-order valence-electron chi connectivity index (χ1n) is 8.63. The third kappa shape index (κ3) is 6.34. The minimum Gasteiger partial charge on any atom is -0.356 e. The van der Waals surface area contributed by atoms with Crippen molar-refractivity contribution in [3.8, 4) is 0 Å². The Balaban J connectivity index is 1.65. The lowest BCUT2D eigenvalue weighted by atomic mass is 9.91. The van der Waals surface area contributed by atoms with Crippen molar-refractivity contribution in [2.24, 2.45) is 10.9 Å². The Kier molecular flexibility index (Phi) is 7.71. The maximum absolute atomic E-state index is 4.40. The zero-order valence-electron chi connectivity index (χ0n) is 14.0. The molecule has 1 fully saturated rings. The Hall–Kier alpha value is -1.10. The van der Waals surface area contributed by atoms with Crippen LogP contribution in [-0.2, 0) is 6.42 Å². The zero-order valence-corrected chi connectivity index (χ0v) is 14.8. The summed E-state index contributed by atoms with van der Waals surface area (Å²) in [5.41, 5.74) is 0. The van der Waals surface area contributed by atoms with Crippen LogP contribution in [-0.4, -0.2) is 31.1 Å². The normalized spacial score (nSPS) is 17.8. The van der Waals surface area contributed by atoms with Crippen molar-refractivity contribution in [3.63, 3.8) is 0 Å². The fraction of sp³-hybridized carbons (Fsp3) is 0.765. The topological polar surface area (TPSA) is 49.3 Å². The fourth-order valence-corrected chi connectivity index (χ4v) is 3.80. The van der Waals surface area contributed by atoms with Gasteiger partial charge in [0.25, 0.3) is 0 Å². The van der Waals surface area contributed by atoms with Crippen molar-refractivity contribution in [2.45, 2.75) is 58.3 Å². The highest BCUT2D eigenvalue weighted by Gasteiger charge is 2.11. The van der Waals surface area contributed by atoms with Crippen molar-refractivity contribution in [2.75, 3.05) is 20.1 Å². The molecule has 0 atom stereocenters. The van der Waals surface area contributed by atoms with Crippen LogP contribution in [0.3, 0.4) is 0 Å². The molecule has 1 saturated carbocycles. The molecule has 2 rings (SSSR count). The molecular weight excluding hydrogens is 292 g/mol. The van der Waals surface area contributed by atoms with Gasteiger partial charge >= 0.3 is 0 Å². The highest BCUT2D eigenvalue weighted by Crippen LogP contribution is 2.21. The molecule has 22 heavy (non-hydrogen) atoms. The van der Waals surface area contributed by atoms with E-state index in [2.05, 4.69) is 27.5 Å². The Morgan fingerprint density at radius 3 is 2.59 bits per heavy atom. The van der Waals surface area contributed by atoms with Crippen LogP contribution in [0, 0.1) is 12.8 Å². The lowest BCUT2D eigenvalue weighted by molar-refractivity contribution is 0.375. The molecule has 1 heterocycles. The van der Waals surface area contributed by atoms with E-state index >= 15 is 0 Å². The van der Waals surface area contributed by atoms with Crippen LogP contribution in [0.2, 0.25) is 0 Å². The van der Waals surface area contributed by atoms with Crippen LogP contribution in [0.15, 0.2) is 11.2 Å². The van der Waals surface area contributed by atoms with E-state index < -0.39 is 0 Å². The first kappa shape index (κ1) is 17.3. The lowest BCUT2D eigenvalue weighted by Crippen LogP contribution is -2.40. The summed E-state index contributed by atoms with van der Waals surface area (Å²) < 4.78 is 0. The monoisotopic (exact) mass is 322 g/mol. The Morgan fingerprint density at radius 2 is 1.95 bits per heavy atom. The maximum atomic E-state index is 4.40. The van der Waals surface area contributed by atoms with Gasteiger partial charge in [-0.2, -0.15) is 0 Å². The third-order valence-corrected chi connectivity index (χ3v) is 5.28. The molecule has 0 amide bonds. The van der Waals surface area contributed by atoms with Crippen LogP contribution in [0.4, 0.5) is 0 Å². The van der Waals surface area contributed by atoms with E-state index in [-0.39, 0.29) is 0 Å². The molecule has 4 nitrogen and oxygen atoms in total. The summed E-state index contributed by atoms with van der Waals surface area (Å²) in [5.74, 6) is 1.73. The summed E-state index contributed by atoms with van der Waals surface area (Å²) in [5, 5.41) is 8.10. The largest absolute Gasteiger partial charge is 0.356 e. The van der Waals surface area contributed by atoms with E-state index in [1.165, 1.54) is 54.8 Å². The second-order valence-corrected chi connectivity index (χ2v) is 7.53. The van der Waals surface area contributed by atoms with E-state index in [9.17, 15) is 0 Å². The van der Waals surface area contributed by atoms with Gasteiger partial charge in [-0.3, -0.25) is 4.99 Å². The molecule has 5 heteroatoms. The molecule has 2 N–H and O–H groups in total. The lowest BCUT2D eigenvalue weighted by Gasteiger charge is -2.21. The predicted molar refractivity (Wildman–Crippen MR) is 95.7 cm³/mol. The van der Waals surface area contributed by atoms with Gasteiger partial charge in [0.15, 0.2) is 5.96 Å². The molecule has 1 aliphatic rings. The highest BCUT2D eigenvalue weighted by atomic mass is 32.1. The Morgan fingerprint density at radius 1 is 1.23 bits per heavy atom. The van der Waals surface area contributed by atoms with E-state index in [0.717, 1.165) is 31.4 Å². The molecule has 0 radical (unpaired) electrons. The minimum absolute atomic E-state index is 0.806. The summed E-state index contributed by atoms with van der Waals surface area (Å²) in [6.45, 7) is 4.04. The quantitative estimate of drug-likeness (QED) is 0.644. The summed E-state index contributed by atoms with van der Waals surface area (Å²) in [7, 11) is 1.85.